The van der Waals surface area contributed by atoms with Gasteiger partial charge >= 0.3 is 5.97 Å². The van der Waals surface area contributed by atoms with Gasteiger partial charge in [0.15, 0.2) is 0 Å². The van der Waals surface area contributed by atoms with E-state index in [1.54, 1.807) is 0 Å². The third-order valence-electron chi connectivity index (χ3n) is 2.50. The van der Waals surface area contributed by atoms with E-state index in [-0.39, 0.29) is 11.4 Å². The molecule has 0 saturated carbocycles. The van der Waals surface area contributed by atoms with Crippen LogP contribution in [-0.4, -0.2) is 45.0 Å². The molecule has 1 amide bonds. The monoisotopic (exact) mass is 269 g/mol. The third-order valence-corrected chi connectivity index (χ3v) is 2.50. The van der Waals surface area contributed by atoms with Gasteiger partial charge in [-0.2, -0.15) is 0 Å². The largest absolute Gasteiger partial charge is 0.480 e. The standard InChI is InChI=1S/C11H15N3O5/c1-3-4-13-6-8(14(18)19)5-9(13)11(17)12(2)7-10(15)16/h5-6H,3-4,7H2,1-2H3,(H,15,16). The van der Waals surface area contributed by atoms with Gasteiger partial charge in [0.1, 0.15) is 12.2 Å². The molecule has 0 saturated heterocycles. The number of amides is 1. The minimum absolute atomic E-state index is 0.123. The molecule has 1 N–H and O–H groups in total. The Hall–Kier alpha value is -2.38. The summed E-state index contributed by atoms with van der Waals surface area (Å²) >= 11 is 0. The number of carbonyl (C=O) groups is 2. The van der Waals surface area contributed by atoms with Gasteiger partial charge in [-0.3, -0.25) is 19.7 Å². The van der Waals surface area contributed by atoms with Gasteiger partial charge in [-0.25, -0.2) is 0 Å². The molecule has 0 aliphatic carbocycles. The normalized spacial score (nSPS) is 10.2. The Balaban J connectivity index is 3.06. The average Bonchev–Trinajstić information content (AvgIpc) is 2.71. The zero-order chi connectivity index (χ0) is 14.6. The highest BCUT2D eigenvalue weighted by molar-refractivity contribution is 5.95. The van der Waals surface area contributed by atoms with E-state index in [1.807, 2.05) is 6.92 Å². The van der Waals surface area contributed by atoms with Gasteiger partial charge in [0.05, 0.1) is 11.1 Å². The van der Waals surface area contributed by atoms with Crippen LogP contribution in [0, 0.1) is 10.1 Å². The molecule has 0 bridgehead atoms. The maximum absolute atomic E-state index is 12.0. The van der Waals surface area contributed by atoms with Crippen molar-refractivity contribution < 1.29 is 19.6 Å². The molecule has 0 aromatic carbocycles. The van der Waals surface area contributed by atoms with E-state index in [0.29, 0.717) is 13.0 Å². The number of nitrogens with zero attached hydrogens (tertiary/aromatic N) is 3. The van der Waals surface area contributed by atoms with E-state index in [9.17, 15) is 19.7 Å². The lowest BCUT2D eigenvalue weighted by atomic mass is 10.3. The summed E-state index contributed by atoms with van der Waals surface area (Å²) in [5.74, 6) is -1.69. The molecule has 0 spiro atoms. The fraction of sp³-hybridized carbons (Fsp3) is 0.455. The number of likely N-dealkylation sites (N-methyl/N-ethyl adjacent to an activating group) is 1. The fourth-order valence-electron chi connectivity index (χ4n) is 1.67. The van der Waals surface area contributed by atoms with Crippen LogP contribution in [0.25, 0.3) is 0 Å². The van der Waals surface area contributed by atoms with Gasteiger partial charge in [-0.05, 0) is 6.42 Å². The van der Waals surface area contributed by atoms with Crippen molar-refractivity contribution in [2.45, 2.75) is 19.9 Å². The predicted octanol–water partition coefficient (Wildman–Crippen LogP) is 0.963. The van der Waals surface area contributed by atoms with Crippen molar-refractivity contribution in [1.82, 2.24) is 9.47 Å². The first-order chi connectivity index (χ1) is 8.86. The van der Waals surface area contributed by atoms with Crippen LogP contribution in [0.3, 0.4) is 0 Å². The highest BCUT2D eigenvalue weighted by Gasteiger charge is 2.22. The SMILES string of the molecule is CCCn1cc([N+](=O)[O-])cc1C(=O)N(C)CC(=O)O. The summed E-state index contributed by atoms with van der Waals surface area (Å²) < 4.78 is 1.47. The lowest BCUT2D eigenvalue weighted by Gasteiger charge is -2.15. The fourth-order valence-corrected chi connectivity index (χ4v) is 1.67. The molecule has 0 aliphatic rings. The average molecular weight is 269 g/mol. The Labute approximate surface area is 109 Å². The van der Waals surface area contributed by atoms with Gasteiger partial charge in [0.25, 0.3) is 11.6 Å². The smallest absolute Gasteiger partial charge is 0.323 e. The van der Waals surface area contributed by atoms with Crippen molar-refractivity contribution >= 4 is 17.6 Å². The minimum Gasteiger partial charge on any atom is -0.480 e. The second-order valence-corrected chi connectivity index (χ2v) is 4.09. The summed E-state index contributed by atoms with van der Waals surface area (Å²) in [5.41, 5.74) is -0.0576. The summed E-state index contributed by atoms with van der Waals surface area (Å²) in [4.78, 5) is 33.7. The van der Waals surface area contributed by atoms with Crippen LogP contribution in [-0.2, 0) is 11.3 Å². The van der Waals surface area contributed by atoms with Crippen molar-refractivity contribution in [2.24, 2.45) is 0 Å². The number of hydrogen-bond acceptors (Lipinski definition) is 4. The molecule has 0 radical (unpaired) electrons. The molecule has 1 rings (SSSR count). The van der Waals surface area contributed by atoms with Crippen molar-refractivity contribution in [3.63, 3.8) is 0 Å². The maximum atomic E-state index is 12.0. The minimum atomic E-state index is -1.14. The van der Waals surface area contributed by atoms with Crippen molar-refractivity contribution in [2.75, 3.05) is 13.6 Å². The summed E-state index contributed by atoms with van der Waals surface area (Å²) in [6.45, 7) is 1.88. The molecule has 19 heavy (non-hydrogen) atoms. The number of hydrogen-bond donors (Lipinski definition) is 1. The number of carboxylic acids is 1. The number of aromatic nitrogens is 1. The summed E-state index contributed by atoms with van der Waals surface area (Å²) in [5, 5.41) is 19.4. The highest BCUT2D eigenvalue weighted by atomic mass is 16.6. The molecular formula is C11H15N3O5. The molecule has 8 nitrogen and oxygen atoms in total. The number of aryl methyl sites for hydroxylation is 1. The number of nitro groups is 1. The molecule has 1 heterocycles. The molecule has 104 valence electrons. The van der Waals surface area contributed by atoms with Crippen molar-refractivity contribution in [1.29, 1.82) is 0 Å². The molecule has 0 aliphatic heterocycles. The Morgan fingerprint density at radius 2 is 2.16 bits per heavy atom. The second-order valence-electron chi connectivity index (χ2n) is 4.09. The summed E-state index contributed by atoms with van der Waals surface area (Å²) in [6, 6.07) is 1.16. The molecule has 0 fully saturated rings. The Morgan fingerprint density at radius 1 is 1.53 bits per heavy atom. The van der Waals surface area contributed by atoms with Crippen molar-refractivity contribution in [3.05, 3.63) is 28.1 Å². The third kappa shape index (κ3) is 3.54. The Bertz CT molecular complexity index is 508. The van der Waals surface area contributed by atoms with Gasteiger partial charge in [-0.1, -0.05) is 6.92 Å². The molecule has 1 aromatic heterocycles. The van der Waals surface area contributed by atoms with Gasteiger partial charge in [-0.15, -0.1) is 0 Å². The lowest BCUT2D eigenvalue weighted by molar-refractivity contribution is -0.384. The Morgan fingerprint density at radius 3 is 2.63 bits per heavy atom. The summed E-state index contributed by atoms with van der Waals surface area (Å²) in [6.07, 6.45) is 1.99. The first kappa shape index (κ1) is 14.7. The van der Waals surface area contributed by atoms with E-state index in [1.165, 1.54) is 17.8 Å². The topological polar surface area (TPSA) is 106 Å². The van der Waals surface area contributed by atoms with Gasteiger partial charge < -0.3 is 14.6 Å². The molecule has 0 unspecified atom stereocenters. The van der Waals surface area contributed by atoms with Crippen LogP contribution in [0.2, 0.25) is 0 Å². The number of aliphatic carboxylic acids is 1. The van der Waals surface area contributed by atoms with E-state index < -0.39 is 23.3 Å². The van der Waals surface area contributed by atoms with Gasteiger partial charge in [0, 0.05) is 19.7 Å². The second kappa shape index (κ2) is 5.98. The van der Waals surface area contributed by atoms with E-state index in [2.05, 4.69) is 0 Å². The molecule has 1 aromatic rings. The first-order valence-corrected chi connectivity index (χ1v) is 5.68. The Kier molecular flexibility index (Phi) is 4.62. The van der Waals surface area contributed by atoms with Crippen LogP contribution in [0.15, 0.2) is 12.3 Å². The maximum Gasteiger partial charge on any atom is 0.323 e. The molecular weight excluding hydrogens is 254 g/mol. The molecule has 0 atom stereocenters. The van der Waals surface area contributed by atoms with Crippen LogP contribution in [0.1, 0.15) is 23.8 Å². The predicted molar refractivity (Wildman–Crippen MR) is 66.0 cm³/mol. The number of carbonyl (C=O) groups excluding carboxylic acids is 1. The number of carboxylic acid groups (broad SMARTS) is 1. The quantitative estimate of drug-likeness (QED) is 0.611. The van der Waals surface area contributed by atoms with Gasteiger partial charge in [0.2, 0.25) is 0 Å². The van der Waals surface area contributed by atoms with Crippen LogP contribution >= 0.6 is 0 Å². The zero-order valence-electron chi connectivity index (χ0n) is 10.7. The number of rotatable bonds is 6. The first-order valence-electron chi connectivity index (χ1n) is 5.68. The summed E-state index contributed by atoms with van der Waals surface area (Å²) in [7, 11) is 1.34. The lowest BCUT2D eigenvalue weighted by Crippen LogP contribution is -2.33. The van der Waals surface area contributed by atoms with Crippen molar-refractivity contribution in [3.8, 4) is 0 Å². The highest BCUT2D eigenvalue weighted by Crippen LogP contribution is 2.18. The molecule has 8 heteroatoms. The van der Waals surface area contributed by atoms with Crippen LogP contribution in [0.4, 0.5) is 5.69 Å². The zero-order valence-corrected chi connectivity index (χ0v) is 10.7. The van der Waals surface area contributed by atoms with Crippen LogP contribution < -0.4 is 0 Å². The van der Waals surface area contributed by atoms with E-state index in [0.717, 1.165) is 11.0 Å². The van der Waals surface area contributed by atoms with E-state index in [4.69, 9.17) is 5.11 Å². The van der Waals surface area contributed by atoms with E-state index >= 15 is 0 Å². The van der Waals surface area contributed by atoms with Crippen LogP contribution in [0.5, 0.6) is 0 Å².